The summed E-state index contributed by atoms with van der Waals surface area (Å²) < 4.78 is 5.21. The van der Waals surface area contributed by atoms with Gasteiger partial charge >= 0.3 is 5.97 Å². The molecule has 0 bridgehead atoms. The molecule has 0 heterocycles. The van der Waals surface area contributed by atoms with Gasteiger partial charge in [0.15, 0.2) is 0 Å². The van der Waals surface area contributed by atoms with E-state index in [-0.39, 0.29) is 19.1 Å². The van der Waals surface area contributed by atoms with Crippen molar-refractivity contribution in [3.8, 4) is 0 Å². The third-order valence-electron chi connectivity index (χ3n) is 3.09. The zero-order valence-electron chi connectivity index (χ0n) is 13.4. The van der Waals surface area contributed by atoms with Crippen LogP contribution < -0.4 is 5.32 Å². The van der Waals surface area contributed by atoms with Crippen LogP contribution in [-0.2, 0) is 25.7 Å². The summed E-state index contributed by atoms with van der Waals surface area (Å²) in [6.07, 6.45) is 0. The topological polar surface area (TPSA) is 75.7 Å². The Hall–Kier alpha value is -2.37. The monoisotopic (exact) mass is 306 g/mol. The van der Waals surface area contributed by atoms with Gasteiger partial charge in [-0.25, -0.2) is 4.79 Å². The Morgan fingerprint density at radius 2 is 1.77 bits per heavy atom. The summed E-state index contributed by atoms with van der Waals surface area (Å²) in [5, 5.41) is 2.57. The Balaban J connectivity index is 2.52. The van der Waals surface area contributed by atoms with Crippen molar-refractivity contribution in [3.63, 3.8) is 0 Å². The zero-order valence-corrected chi connectivity index (χ0v) is 13.4. The van der Waals surface area contributed by atoms with E-state index in [1.807, 2.05) is 30.3 Å². The lowest BCUT2D eigenvalue weighted by Gasteiger charge is -2.25. The van der Waals surface area contributed by atoms with Crippen molar-refractivity contribution in [2.45, 2.75) is 32.9 Å². The van der Waals surface area contributed by atoms with Crippen LogP contribution in [0.3, 0.4) is 0 Å². The second kappa shape index (κ2) is 7.59. The van der Waals surface area contributed by atoms with Crippen molar-refractivity contribution in [2.24, 2.45) is 0 Å². The van der Waals surface area contributed by atoms with Gasteiger partial charge in [-0.2, -0.15) is 0 Å². The smallest absolute Gasteiger partial charge is 0.331 e. The van der Waals surface area contributed by atoms with Crippen molar-refractivity contribution in [2.75, 3.05) is 13.6 Å². The molecular weight excluding hydrogens is 284 g/mol. The van der Waals surface area contributed by atoms with E-state index < -0.39 is 17.4 Å². The predicted molar refractivity (Wildman–Crippen MR) is 81.8 cm³/mol. The van der Waals surface area contributed by atoms with Crippen LogP contribution in [0.4, 0.5) is 0 Å². The lowest BCUT2D eigenvalue weighted by Crippen LogP contribution is -2.53. The fourth-order valence-corrected chi connectivity index (χ4v) is 1.67. The Labute approximate surface area is 130 Å². The van der Waals surface area contributed by atoms with E-state index in [0.717, 1.165) is 5.56 Å². The number of nitrogens with zero attached hydrogens (tertiary/aromatic N) is 1. The third-order valence-corrected chi connectivity index (χ3v) is 3.09. The van der Waals surface area contributed by atoms with E-state index in [1.54, 1.807) is 13.8 Å². The molecular formula is C16H22N2O4. The minimum atomic E-state index is -1.16. The molecule has 120 valence electrons. The van der Waals surface area contributed by atoms with Crippen LogP contribution in [0.15, 0.2) is 30.3 Å². The minimum absolute atomic E-state index is 0.106. The summed E-state index contributed by atoms with van der Waals surface area (Å²) in [6.45, 7) is 4.53. The summed E-state index contributed by atoms with van der Waals surface area (Å²) in [4.78, 5) is 36.3. The fourth-order valence-electron chi connectivity index (χ4n) is 1.67. The summed E-state index contributed by atoms with van der Waals surface area (Å²) >= 11 is 0. The summed E-state index contributed by atoms with van der Waals surface area (Å²) in [5.74, 6) is -1.17. The quantitative estimate of drug-likeness (QED) is 0.799. The Kier molecular flexibility index (Phi) is 6.10. The van der Waals surface area contributed by atoms with Crippen molar-refractivity contribution >= 4 is 17.8 Å². The molecule has 1 aromatic rings. The number of benzene rings is 1. The van der Waals surface area contributed by atoms with E-state index in [0.29, 0.717) is 0 Å². The molecule has 0 radical (unpaired) electrons. The average Bonchev–Trinajstić information content (AvgIpc) is 2.44. The molecule has 0 saturated carbocycles. The fraction of sp³-hybridized carbons (Fsp3) is 0.438. The van der Waals surface area contributed by atoms with Gasteiger partial charge < -0.3 is 15.0 Å². The van der Waals surface area contributed by atoms with E-state index in [4.69, 9.17) is 4.74 Å². The maximum atomic E-state index is 12.1. The molecule has 1 rings (SSSR count). The number of esters is 1. The van der Waals surface area contributed by atoms with E-state index >= 15 is 0 Å². The van der Waals surface area contributed by atoms with Gasteiger partial charge in [0.2, 0.25) is 11.8 Å². The number of rotatable bonds is 6. The van der Waals surface area contributed by atoms with Crippen LogP contribution in [0.1, 0.15) is 26.3 Å². The molecule has 0 spiro atoms. The first kappa shape index (κ1) is 17.7. The number of carbonyl (C=O) groups excluding carboxylic acids is 3. The first-order valence-electron chi connectivity index (χ1n) is 6.96. The van der Waals surface area contributed by atoms with Gasteiger partial charge in [-0.05, 0) is 19.4 Å². The highest BCUT2D eigenvalue weighted by Gasteiger charge is 2.31. The molecule has 0 aliphatic heterocycles. The van der Waals surface area contributed by atoms with Crippen molar-refractivity contribution < 1.29 is 19.1 Å². The van der Waals surface area contributed by atoms with Gasteiger partial charge in [0.25, 0.3) is 0 Å². The molecule has 0 atom stereocenters. The van der Waals surface area contributed by atoms with E-state index in [2.05, 4.69) is 5.32 Å². The van der Waals surface area contributed by atoms with Crippen LogP contribution >= 0.6 is 0 Å². The second-order valence-corrected chi connectivity index (χ2v) is 5.61. The number of likely N-dealkylation sites (N-methyl/N-ethyl adjacent to an activating group) is 1. The van der Waals surface area contributed by atoms with E-state index in [1.165, 1.54) is 18.9 Å². The minimum Gasteiger partial charge on any atom is -0.459 e. The number of hydrogen-bond acceptors (Lipinski definition) is 4. The SMILES string of the molecule is CC(=O)N(C)CC(=O)NC(C)(C)C(=O)OCc1ccccc1. The second-order valence-electron chi connectivity index (χ2n) is 5.61. The number of nitrogens with one attached hydrogen (secondary N) is 1. The molecule has 0 saturated heterocycles. The molecule has 1 N–H and O–H groups in total. The van der Waals surface area contributed by atoms with Crippen LogP contribution in [0.2, 0.25) is 0 Å². The van der Waals surface area contributed by atoms with Crippen LogP contribution in [0.5, 0.6) is 0 Å². The van der Waals surface area contributed by atoms with Crippen molar-refractivity contribution in [1.29, 1.82) is 0 Å². The number of amides is 2. The van der Waals surface area contributed by atoms with E-state index in [9.17, 15) is 14.4 Å². The zero-order chi connectivity index (χ0) is 16.8. The molecule has 6 nitrogen and oxygen atoms in total. The van der Waals surface area contributed by atoms with Gasteiger partial charge in [-0.15, -0.1) is 0 Å². The molecule has 0 aromatic heterocycles. The van der Waals surface area contributed by atoms with Crippen LogP contribution in [0, 0.1) is 0 Å². The summed E-state index contributed by atoms with van der Waals surface area (Å²) in [7, 11) is 1.52. The van der Waals surface area contributed by atoms with Gasteiger partial charge in [0.05, 0.1) is 6.54 Å². The Morgan fingerprint density at radius 1 is 1.18 bits per heavy atom. The lowest BCUT2D eigenvalue weighted by molar-refractivity contribution is -0.153. The molecule has 0 unspecified atom stereocenters. The number of ether oxygens (including phenoxy) is 1. The molecule has 0 aliphatic carbocycles. The lowest BCUT2D eigenvalue weighted by atomic mass is 10.1. The highest BCUT2D eigenvalue weighted by Crippen LogP contribution is 2.08. The first-order valence-corrected chi connectivity index (χ1v) is 6.96. The largest absolute Gasteiger partial charge is 0.459 e. The molecule has 0 fully saturated rings. The standard InChI is InChI=1S/C16H22N2O4/c1-12(19)18(4)10-14(20)17-16(2,3)15(21)22-11-13-8-6-5-7-9-13/h5-9H,10-11H2,1-4H3,(H,17,20). The normalized spacial score (nSPS) is 10.7. The highest BCUT2D eigenvalue weighted by molar-refractivity contribution is 5.89. The molecule has 22 heavy (non-hydrogen) atoms. The predicted octanol–water partition coefficient (Wildman–Crippen LogP) is 1.10. The van der Waals surface area contributed by atoms with Crippen LogP contribution in [0.25, 0.3) is 0 Å². The highest BCUT2D eigenvalue weighted by atomic mass is 16.5. The third kappa shape index (κ3) is 5.55. The maximum absolute atomic E-state index is 12.1. The van der Waals surface area contributed by atoms with Crippen molar-refractivity contribution in [1.82, 2.24) is 10.2 Å². The van der Waals surface area contributed by atoms with Gasteiger partial charge in [-0.3, -0.25) is 9.59 Å². The number of hydrogen-bond donors (Lipinski definition) is 1. The Bertz CT molecular complexity index is 540. The maximum Gasteiger partial charge on any atom is 0.331 e. The molecule has 6 heteroatoms. The molecule has 0 aliphatic rings. The van der Waals surface area contributed by atoms with Crippen LogP contribution in [-0.4, -0.2) is 41.8 Å². The summed E-state index contributed by atoms with van der Waals surface area (Å²) in [6, 6.07) is 9.28. The van der Waals surface area contributed by atoms with Crippen molar-refractivity contribution in [3.05, 3.63) is 35.9 Å². The Morgan fingerprint density at radius 3 is 2.32 bits per heavy atom. The summed E-state index contributed by atoms with van der Waals surface area (Å²) in [5.41, 5.74) is -0.293. The van der Waals surface area contributed by atoms with Gasteiger partial charge in [-0.1, -0.05) is 30.3 Å². The number of carbonyl (C=O) groups is 3. The van der Waals surface area contributed by atoms with Gasteiger partial charge in [0, 0.05) is 14.0 Å². The van der Waals surface area contributed by atoms with Gasteiger partial charge in [0.1, 0.15) is 12.1 Å². The first-order chi connectivity index (χ1) is 10.2. The molecule has 2 amide bonds. The average molecular weight is 306 g/mol. The molecule has 1 aromatic carbocycles.